The number of amides is 2. The molecule has 1 aliphatic heterocycles. The minimum absolute atomic E-state index is 0.0450. The molecule has 1 atom stereocenters. The van der Waals surface area contributed by atoms with Gasteiger partial charge in [-0.25, -0.2) is 0 Å². The van der Waals surface area contributed by atoms with E-state index in [1.165, 1.54) is 24.6 Å². The number of hydrogen-bond acceptors (Lipinski definition) is 5. The van der Waals surface area contributed by atoms with Crippen molar-refractivity contribution in [1.82, 2.24) is 14.8 Å². The molecule has 1 N–H and O–H groups in total. The van der Waals surface area contributed by atoms with Crippen molar-refractivity contribution in [3.05, 3.63) is 30.1 Å². The van der Waals surface area contributed by atoms with Crippen molar-refractivity contribution in [2.45, 2.75) is 55.0 Å². The van der Waals surface area contributed by atoms with E-state index in [9.17, 15) is 9.59 Å². The molecule has 0 spiro atoms. The lowest BCUT2D eigenvalue weighted by Gasteiger charge is -2.30. The fourth-order valence-electron chi connectivity index (χ4n) is 3.52. The largest absolute Gasteiger partial charge is 0.323 e. The summed E-state index contributed by atoms with van der Waals surface area (Å²) in [5, 5.41) is 12.1. The molecule has 1 aromatic carbocycles. The van der Waals surface area contributed by atoms with E-state index in [2.05, 4.69) is 20.1 Å². The van der Waals surface area contributed by atoms with Crippen molar-refractivity contribution >= 4 is 35.0 Å². The van der Waals surface area contributed by atoms with Crippen molar-refractivity contribution in [3.63, 3.8) is 0 Å². The van der Waals surface area contributed by atoms with E-state index in [0.717, 1.165) is 29.5 Å². The topological polar surface area (TPSA) is 80.1 Å². The molecule has 2 saturated carbocycles. The third-order valence-corrected chi connectivity index (χ3v) is 6.26. The lowest BCUT2D eigenvalue weighted by Crippen LogP contribution is -2.45. The second kappa shape index (κ2) is 6.37. The first kappa shape index (κ1) is 16.8. The highest BCUT2D eigenvalue weighted by Gasteiger charge is 2.38. The fraction of sp³-hybridized carbons (Fsp3) is 0.474. The van der Waals surface area contributed by atoms with Crippen molar-refractivity contribution in [2.75, 3.05) is 16.8 Å². The van der Waals surface area contributed by atoms with E-state index >= 15 is 0 Å². The summed E-state index contributed by atoms with van der Waals surface area (Å²) in [4.78, 5) is 26.7. The Hall–Kier alpha value is -2.35. The minimum atomic E-state index is -0.349. The zero-order valence-corrected chi connectivity index (χ0v) is 15.9. The number of hydrogen-bond donors (Lipinski definition) is 1. The second-order valence-corrected chi connectivity index (χ2v) is 8.77. The smallest absolute Gasteiger partial charge is 0.244 e. The summed E-state index contributed by atoms with van der Waals surface area (Å²) in [6.45, 7) is 1.92. The van der Waals surface area contributed by atoms with Gasteiger partial charge >= 0.3 is 0 Å². The van der Waals surface area contributed by atoms with Crippen molar-refractivity contribution in [2.24, 2.45) is 0 Å². The molecule has 0 saturated heterocycles. The van der Waals surface area contributed by atoms with Crippen LogP contribution < -0.4 is 10.2 Å². The summed E-state index contributed by atoms with van der Waals surface area (Å²) in [6.07, 6.45) is 4.69. The Morgan fingerprint density at radius 3 is 2.74 bits per heavy atom. The van der Waals surface area contributed by atoms with Gasteiger partial charge in [0.2, 0.25) is 11.8 Å². The lowest BCUT2D eigenvalue weighted by molar-refractivity contribution is -0.121. The van der Waals surface area contributed by atoms with Gasteiger partial charge < -0.3 is 9.88 Å². The summed E-state index contributed by atoms with van der Waals surface area (Å²) in [5.74, 6) is 1.37. The Morgan fingerprint density at radius 1 is 1.22 bits per heavy atom. The first-order valence-corrected chi connectivity index (χ1v) is 10.3. The molecule has 27 heavy (non-hydrogen) atoms. The fourth-order valence-corrected chi connectivity index (χ4v) is 4.51. The number of aromatic nitrogens is 3. The Kier molecular flexibility index (Phi) is 3.96. The van der Waals surface area contributed by atoms with Gasteiger partial charge in [0.15, 0.2) is 5.16 Å². The highest BCUT2D eigenvalue weighted by atomic mass is 32.2. The van der Waals surface area contributed by atoms with E-state index < -0.39 is 0 Å². The summed E-state index contributed by atoms with van der Waals surface area (Å²) < 4.78 is 2.25. The molecule has 8 heteroatoms. The maximum absolute atomic E-state index is 13.1. The van der Waals surface area contributed by atoms with E-state index in [4.69, 9.17) is 0 Å². The quantitative estimate of drug-likeness (QED) is 0.803. The Morgan fingerprint density at radius 2 is 2.00 bits per heavy atom. The normalized spacial score (nSPS) is 20.2. The van der Waals surface area contributed by atoms with Crippen LogP contribution >= 0.6 is 11.8 Å². The molecule has 0 bridgehead atoms. The molecule has 2 aliphatic carbocycles. The SMILES string of the molecule is C[C@H](Sc1nnc(C2CC2)n1C1CC1)C(=O)N1CC(=O)Nc2ccccc21. The average molecular weight is 383 g/mol. The Bertz CT molecular complexity index is 919. The van der Waals surface area contributed by atoms with E-state index in [1.54, 1.807) is 4.90 Å². The number of anilines is 2. The van der Waals surface area contributed by atoms with Gasteiger partial charge in [0.25, 0.3) is 0 Å². The van der Waals surface area contributed by atoms with Gasteiger partial charge in [-0.3, -0.25) is 14.5 Å². The van der Waals surface area contributed by atoms with Gasteiger partial charge in [-0.1, -0.05) is 23.9 Å². The van der Waals surface area contributed by atoms with Crippen LogP contribution in [0.1, 0.15) is 50.4 Å². The van der Waals surface area contributed by atoms with Crippen molar-refractivity contribution in [1.29, 1.82) is 0 Å². The highest BCUT2D eigenvalue weighted by Crippen LogP contribution is 2.46. The third-order valence-electron chi connectivity index (χ3n) is 5.21. The number of rotatable bonds is 5. The number of thioether (sulfide) groups is 1. The minimum Gasteiger partial charge on any atom is -0.323 e. The molecular weight excluding hydrogens is 362 g/mol. The van der Waals surface area contributed by atoms with Crippen LogP contribution in [0.15, 0.2) is 29.4 Å². The second-order valence-electron chi connectivity index (χ2n) is 7.47. The average Bonchev–Trinajstić information content (AvgIpc) is 3.59. The molecule has 140 valence electrons. The number of para-hydroxylation sites is 2. The summed E-state index contributed by atoms with van der Waals surface area (Å²) in [5.41, 5.74) is 1.42. The van der Waals surface area contributed by atoms with Gasteiger partial charge in [-0.2, -0.15) is 0 Å². The summed E-state index contributed by atoms with van der Waals surface area (Å²) in [6, 6.07) is 7.89. The Labute approximate surface area is 161 Å². The van der Waals surface area contributed by atoms with E-state index in [1.807, 2.05) is 31.2 Å². The molecule has 3 aliphatic rings. The number of carbonyl (C=O) groups is 2. The lowest BCUT2D eigenvalue weighted by atomic mass is 10.2. The molecule has 7 nitrogen and oxygen atoms in total. The van der Waals surface area contributed by atoms with Gasteiger partial charge in [0.05, 0.1) is 16.6 Å². The van der Waals surface area contributed by atoms with Crippen LogP contribution in [0.25, 0.3) is 0 Å². The molecule has 5 rings (SSSR count). The van der Waals surface area contributed by atoms with Crippen LogP contribution in [0.5, 0.6) is 0 Å². The van der Waals surface area contributed by atoms with Crippen LogP contribution in [-0.4, -0.2) is 38.4 Å². The predicted octanol–water partition coefficient (Wildman–Crippen LogP) is 2.96. The van der Waals surface area contributed by atoms with Crippen LogP contribution in [-0.2, 0) is 9.59 Å². The van der Waals surface area contributed by atoms with Crippen LogP contribution in [0.3, 0.4) is 0 Å². The zero-order chi connectivity index (χ0) is 18.5. The van der Waals surface area contributed by atoms with Gasteiger partial charge in [-0.05, 0) is 44.7 Å². The molecule has 2 heterocycles. The Balaban J connectivity index is 1.38. The van der Waals surface area contributed by atoms with Crippen LogP contribution in [0.4, 0.5) is 11.4 Å². The van der Waals surface area contributed by atoms with E-state index in [0.29, 0.717) is 17.6 Å². The van der Waals surface area contributed by atoms with Gasteiger partial charge in [0, 0.05) is 12.0 Å². The maximum atomic E-state index is 13.1. The molecule has 0 radical (unpaired) electrons. The molecule has 1 aromatic heterocycles. The molecule has 0 unspecified atom stereocenters. The zero-order valence-electron chi connectivity index (χ0n) is 15.1. The van der Waals surface area contributed by atoms with E-state index in [-0.39, 0.29) is 23.6 Å². The van der Waals surface area contributed by atoms with Gasteiger partial charge in [-0.15, -0.1) is 10.2 Å². The summed E-state index contributed by atoms with van der Waals surface area (Å²) in [7, 11) is 0. The summed E-state index contributed by atoms with van der Waals surface area (Å²) >= 11 is 1.45. The van der Waals surface area contributed by atoms with Crippen molar-refractivity contribution in [3.8, 4) is 0 Å². The van der Waals surface area contributed by atoms with Gasteiger partial charge in [0.1, 0.15) is 12.4 Å². The highest BCUT2D eigenvalue weighted by molar-refractivity contribution is 8.00. The first-order chi connectivity index (χ1) is 13.1. The van der Waals surface area contributed by atoms with Crippen LogP contribution in [0.2, 0.25) is 0 Å². The molecular formula is C19H21N5O2S. The monoisotopic (exact) mass is 383 g/mol. The number of nitrogens with one attached hydrogen (secondary N) is 1. The molecule has 2 fully saturated rings. The predicted molar refractivity (Wildman–Crippen MR) is 103 cm³/mol. The standard InChI is InChI=1S/C19H21N5O2S/c1-11(18(26)23-10-16(25)20-14-4-2-3-5-15(14)23)27-19-22-21-17(12-6-7-12)24(19)13-8-9-13/h2-5,11-13H,6-10H2,1H3,(H,20,25)/t11-/m0/s1. The maximum Gasteiger partial charge on any atom is 0.244 e. The van der Waals surface area contributed by atoms with Crippen molar-refractivity contribution < 1.29 is 9.59 Å². The number of fused-ring (bicyclic) bond motifs is 1. The number of carbonyl (C=O) groups excluding carboxylic acids is 2. The molecule has 2 amide bonds. The third kappa shape index (κ3) is 3.12. The van der Waals surface area contributed by atoms with Crippen LogP contribution in [0, 0.1) is 0 Å². The number of benzene rings is 1. The molecule has 2 aromatic rings. The first-order valence-electron chi connectivity index (χ1n) is 9.43. The number of nitrogens with zero attached hydrogens (tertiary/aromatic N) is 4.